The highest BCUT2D eigenvalue weighted by molar-refractivity contribution is 5.74. The maximum atomic E-state index is 11.6. The molecule has 0 aromatic heterocycles. The van der Waals surface area contributed by atoms with Gasteiger partial charge in [-0.25, -0.2) is 4.79 Å². The van der Waals surface area contributed by atoms with Gasteiger partial charge in [0.2, 0.25) is 0 Å². The molecule has 0 saturated carbocycles. The topological polar surface area (TPSA) is 87.7 Å². The van der Waals surface area contributed by atoms with Crippen LogP contribution in [-0.4, -0.2) is 43.4 Å². The zero-order valence-electron chi connectivity index (χ0n) is 13.1. The number of hydrogen-bond acceptors (Lipinski definition) is 3. The molecule has 2 amide bonds. The average molecular weight is 300 g/mol. The Morgan fingerprint density at radius 2 is 2.00 bits per heavy atom. The van der Waals surface area contributed by atoms with Crippen LogP contribution in [0, 0.1) is 11.8 Å². The number of aliphatic carboxylic acids is 1. The molecule has 0 radical (unpaired) electrons. The first kappa shape index (κ1) is 19.4. The average Bonchev–Trinajstić information content (AvgIpc) is 2.38. The molecular weight excluding hydrogens is 272 g/mol. The molecule has 6 heteroatoms. The second-order valence-corrected chi connectivity index (χ2v) is 5.42. The molecule has 0 bridgehead atoms. The van der Waals surface area contributed by atoms with Crippen LogP contribution in [0.3, 0.4) is 0 Å². The minimum absolute atomic E-state index is 0.0444. The van der Waals surface area contributed by atoms with Crippen molar-refractivity contribution in [2.45, 2.75) is 33.1 Å². The highest BCUT2D eigenvalue weighted by atomic mass is 16.5. The predicted octanol–water partition coefficient (Wildman–Crippen LogP) is 2.02. The Hall–Kier alpha value is -1.56. The van der Waals surface area contributed by atoms with Crippen LogP contribution >= 0.6 is 0 Å². The fourth-order valence-corrected chi connectivity index (χ4v) is 1.96. The van der Waals surface area contributed by atoms with Crippen LogP contribution in [0.1, 0.15) is 33.1 Å². The fraction of sp³-hybridized carbons (Fsp3) is 0.733. The Bertz CT molecular complexity index is 319. The van der Waals surface area contributed by atoms with Crippen LogP contribution in [0.2, 0.25) is 0 Å². The van der Waals surface area contributed by atoms with Crippen molar-refractivity contribution in [1.29, 1.82) is 0 Å². The molecule has 0 fully saturated rings. The van der Waals surface area contributed by atoms with Crippen molar-refractivity contribution in [2.75, 3.05) is 26.3 Å². The summed E-state index contributed by atoms with van der Waals surface area (Å²) >= 11 is 0. The van der Waals surface area contributed by atoms with E-state index in [-0.39, 0.29) is 18.4 Å². The van der Waals surface area contributed by atoms with Crippen molar-refractivity contribution in [1.82, 2.24) is 10.6 Å². The molecule has 3 N–H and O–H groups in total. The zero-order chi connectivity index (χ0) is 16.1. The van der Waals surface area contributed by atoms with Crippen LogP contribution in [0.4, 0.5) is 4.79 Å². The van der Waals surface area contributed by atoms with Gasteiger partial charge in [-0.3, -0.25) is 4.79 Å². The van der Waals surface area contributed by atoms with Gasteiger partial charge < -0.3 is 20.5 Å². The molecule has 122 valence electrons. The van der Waals surface area contributed by atoms with E-state index >= 15 is 0 Å². The first-order valence-electron chi connectivity index (χ1n) is 7.37. The monoisotopic (exact) mass is 300 g/mol. The van der Waals surface area contributed by atoms with Crippen LogP contribution in [0.5, 0.6) is 0 Å². The molecule has 0 spiro atoms. The fourth-order valence-electron chi connectivity index (χ4n) is 1.96. The Labute approximate surface area is 126 Å². The lowest BCUT2D eigenvalue weighted by Gasteiger charge is -2.18. The number of urea groups is 1. The summed E-state index contributed by atoms with van der Waals surface area (Å²) < 4.78 is 5.26. The molecule has 6 nitrogen and oxygen atoms in total. The van der Waals surface area contributed by atoms with Gasteiger partial charge in [-0.15, -0.1) is 6.58 Å². The largest absolute Gasteiger partial charge is 0.481 e. The summed E-state index contributed by atoms with van der Waals surface area (Å²) in [5.41, 5.74) is 0. The quantitative estimate of drug-likeness (QED) is 0.380. The van der Waals surface area contributed by atoms with Crippen molar-refractivity contribution in [2.24, 2.45) is 11.8 Å². The summed E-state index contributed by atoms with van der Waals surface area (Å²) in [4.78, 5) is 22.3. The molecule has 0 aromatic carbocycles. The maximum Gasteiger partial charge on any atom is 0.314 e. The van der Waals surface area contributed by atoms with Gasteiger partial charge in [-0.2, -0.15) is 0 Å². The minimum atomic E-state index is -0.835. The predicted molar refractivity (Wildman–Crippen MR) is 82.2 cm³/mol. The summed E-state index contributed by atoms with van der Waals surface area (Å²) in [7, 11) is 0. The van der Waals surface area contributed by atoms with E-state index in [0.717, 1.165) is 12.8 Å². The van der Waals surface area contributed by atoms with Crippen molar-refractivity contribution in [3.8, 4) is 0 Å². The van der Waals surface area contributed by atoms with Gasteiger partial charge in [0.15, 0.2) is 0 Å². The molecule has 0 saturated heterocycles. The molecule has 0 aliphatic rings. The SMILES string of the molecule is C=CCCOCCNC(=O)NC[C@H](CC(=O)O)CC(C)C. The maximum absolute atomic E-state index is 11.6. The number of amides is 2. The summed E-state index contributed by atoms with van der Waals surface area (Å²) in [6.07, 6.45) is 3.41. The molecule has 0 unspecified atom stereocenters. The van der Waals surface area contributed by atoms with E-state index < -0.39 is 5.97 Å². The third kappa shape index (κ3) is 13.2. The Morgan fingerprint density at radius 1 is 1.29 bits per heavy atom. The molecule has 0 rings (SSSR count). The number of carboxylic acids is 1. The third-order valence-corrected chi connectivity index (χ3v) is 2.82. The molecule has 0 aliphatic heterocycles. The molecule has 0 aliphatic carbocycles. The van der Waals surface area contributed by atoms with Gasteiger partial charge >= 0.3 is 12.0 Å². The van der Waals surface area contributed by atoms with Crippen LogP contribution < -0.4 is 10.6 Å². The van der Waals surface area contributed by atoms with Crippen molar-refractivity contribution < 1.29 is 19.4 Å². The summed E-state index contributed by atoms with van der Waals surface area (Å²) in [6, 6.07) is -0.290. The number of nitrogens with one attached hydrogen (secondary N) is 2. The van der Waals surface area contributed by atoms with E-state index in [2.05, 4.69) is 17.2 Å². The zero-order valence-corrected chi connectivity index (χ0v) is 13.1. The van der Waals surface area contributed by atoms with E-state index in [0.29, 0.717) is 32.2 Å². The summed E-state index contributed by atoms with van der Waals surface area (Å²) in [6.45, 7) is 9.51. The Kier molecular flexibility index (Phi) is 11.3. The van der Waals surface area contributed by atoms with Gasteiger partial charge in [-0.05, 0) is 24.7 Å². The number of carboxylic acid groups (broad SMARTS) is 1. The lowest BCUT2D eigenvalue weighted by atomic mass is 9.94. The second-order valence-electron chi connectivity index (χ2n) is 5.42. The number of carbonyl (C=O) groups excluding carboxylic acids is 1. The molecule has 0 aromatic rings. The molecule has 21 heavy (non-hydrogen) atoms. The second kappa shape index (κ2) is 12.2. The highest BCUT2D eigenvalue weighted by Gasteiger charge is 2.15. The summed E-state index contributed by atoms with van der Waals surface area (Å²) in [5, 5.41) is 14.2. The normalized spacial score (nSPS) is 12.0. The van der Waals surface area contributed by atoms with E-state index in [9.17, 15) is 9.59 Å². The van der Waals surface area contributed by atoms with E-state index in [1.807, 2.05) is 13.8 Å². The lowest BCUT2D eigenvalue weighted by molar-refractivity contribution is -0.138. The van der Waals surface area contributed by atoms with E-state index in [1.54, 1.807) is 6.08 Å². The summed E-state index contributed by atoms with van der Waals surface area (Å²) in [5.74, 6) is -0.479. The smallest absolute Gasteiger partial charge is 0.314 e. The van der Waals surface area contributed by atoms with Crippen LogP contribution in [0.25, 0.3) is 0 Å². The number of carbonyl (C=O) groups is 2. The van der Waals surface area contributed by atoms with Crippen molar-refractivity contribution in [3.05, 3.63) is 12.7 Å². The van der Waals surface area contributed by atoms with Crippen molar-refractivity contribution >= 4 is 12.0 Å². The number of ether oxygens (including phenoxy) is 1. The van der Waals surface area contributed by atoms with Gasteiger partial charge in [0.25, 0.3) is 0 Å². The third-order valence-electron chi connectivity index (χ3n) is 2.82. The first-order valence-corrected chi connectivity index (χ1v) is 7.37. The van der Waals surface area contributed by atoms with Crippen molar-refractivity contribution in [3.63, 3.8) is 0 Å². The Morgan fingerprint density at radius 3 is 2.57 bits per heavy atom. The van der Waals surface area contributed by atoms with Crippen LogP contribution in [-0.2, 0) is 9.53 Å². The standard InChI is InChI=1S/C15H28N2O4/c1-4-5-7-21-8-6-16-15(20)17-11-13(9-12(2)3)10-14(18)19/h4,12-13H,1,5-11H2,2-3H3,(H,18,19)(H2,16,17,20)/t13-/m0/s1. The van der Waals surface area contributed by atoms with Gasteiger partial charge in [0, 0.05) is 19.5 Å². The highest BCUT2D eigenvalue weighted by Crippen LogP contribution is 2.14. The van der Waals surface area contributed by atoms with E-state index in [4.69, 9.17) is 9.84 Å². The minimum Gasteiger partial charge on any atom is -0.481 e. The first-order chi connectivity index (χ1) is 9.95. The van der Waals surface area contributed by atoms with Gasteiger partial charge in [-0.1, -0.05) is 19.9 Å². The number of hydrogen-bond donors (Lipinski definition) is 3. The lowest BCUT2D eigenvalue weighted by Crippen LogP contribution is -2.40. The molecule has 1 atom stereocenters. The van der Waals surface area contributed by atoms with Crippen LogP contribution in [0.15, 0.2) is 12.7 Å². The van der Waals surface area contributed by atoms with Gasteiger partial charge in [0.05, 0.1) is 13.2 Å². The van der Waals surface area contributed by atoms with E-state index in [1.165, 1.54) is 0 Å². The Balaban J connectivity index is 3.80. The molecule has 0 heterocycles. The molecular formula is C15H28N2O4. The number of rotatable bonds is 12. The van der Waals surface area contributed by atoms with Gasteiger partial charge in [0.1, 0.15) is 0 Å².